The molecule has 9 nitrogen and oxygen atoms in total. The summed E-state index contributed by atoms with van der Waals surface area (Å²) in [6.07, 6.45) is 1.39. The summed E-state index contributed by atoms with van der Waals surface area (Å²) in [5.74, 6) is -1.18. The van der Waals surface area contributed by atoms with Crippen molar-refractivity contribution < 1.29 is 18.0 Å². The number of nitrogens with one attached hydrogen (secondary N) is 1. The van der Waals surface area contributed by atoms with Crippen LogP contribution in [-0.2, 0) is 22.9 Å². The fraction of sp³-hybridized carbons (Fsp3) is 0.364. The van der Waals surface area contributed by atoms with Crippen molar-refractivity contribution in [2.45, 2.75) is 26.4 Å². The number of sulfone groups is 1. The lowest BCUT2D eigenvalue weighted by Gasteiger charge is -2.30. The van der Waals surface area contributed by atoms with Crippen molar-refractivity contribution >= 4 is 27.3 Å². The molecule has 0 saturated heterocycles. The Morgan fingerprint density at radius 2 is 1.88 bits per heavy atom. The predicted molar refractivity (Wildman–Crippen MR) is 120 cm³/mol. The van der Waals surface area contributed by atoms with Crippen LogP contribution in [0.1, 0.15) is 38.4 Å². The third-order valence-electron chi connectivity index (χ3n) is 5.23. The Labute approximate surface area is 186 Å². The molecule has 3 rings (SSSR count). The zero-order valence-electron chi connectivity index (χ0n) is 17.9. The number of nitrogens with zero attached hydrogens (tertiary/aromatic N) is 3. The number of rotatable bonds is 7. The molecule has 2 aromatic rings. The average molecular weight is 457 g/mol. The van der Waals surface area contributed by atoms with Crippen LogP contribution in [0.25, 0.3) is 4.85 Å². The van der Waals surface area contributed by atoms with Crippen molar-refractivity contribution in [3.63, 3.8) is 0 Å². The summed E-state index contributed by atoms with van der Waals surface area (Å²) in [6.45, 7) is 10.2. The first-order chi connectivity index (χ1) is 15.1. The Balaban J connectivity index is 1.82. The average Bonchev–Trinajstić information content (AvgIpc) is 2.74. The second-order valence-corrected chi connectivity index (χ2v) is 10.1. The standard InChI is InChI=1S/C22H24N4O5S/c1-15-5-7-16(8-6-15)14-24-20(27)17-13-18(23-2)19-22(29)25(9-4-12-32(3,30)31)10-11-26(19)21(17)28/h5-8,13H,4,9-12,14H2,1,3H3,(H,24,27). The Kier molecular flexibility index (Phi) is 6.79. The minimum absolute atomic E-state index is 0.0562. The molecule has 2 amide bonds. The molecular formula is C22H24N4O5S. The van der Waals surface area contributed by atoms with Gasteiger partial charge >= 0.3 is 0 Å². The fourth-order valence-corrected chi connectivity index (χ4v) is 4.18. The van der Waals surface area contributed by atoms with Gasteiger partial charge in [-0.3, -0.25) is 14.4 Å². The van der Waals surface area contributed by atoms with Gasteiger partial charge in [0, 0.05) is 32.4 Å². The molecule has 1 aliphatic rings. The lowest BCUT2D eigenvalue weighted by molar-refractivity contribution is 0.0701. The van der Waals surface area contributed by atoms with E-state index in [0.717, 1.165) is 23.4 Å². The van der Waals surface area contributed by atoms with Gasteiger partial charge in [-0.15, -0.1) is 0 Å². The van der Waals surface area contributed by atoms with E-state index in [0.29, 0.717) is 0 Å². The van der Waals surface area contributed by atoms with Gasteiger partial charge in [0.15, 0.2) is 0 Å². The number of hydrogen-bond acceptors (Lipinski definition) is 5. The molecule has 0 saturated carbocycles. The topological polar surface area (TPSA) is 110 Å². The van der Waals surface area contributed by atoms with Crippen LogP contribution >= 0.6 is 0 Å². The maximum atomic E-state index is 12.9. The Hall–Kier alpha value is -3.45. The smallest absolute Gasteiger partial charge is 0.261 e. The molecule has 0 aliphatic carbocycles. The van der Waals surface area contributed by atoms with Gasteiger partial charge in [-0.2, -0.15) is 0 Å². The molecule has 32 heavy (non-hydrogen) atoms. The number of fused-ring (bicyclic) bond motifs is 1. The van der Waals surface area contributed by atoms with Crippen molar-refractivity contribution in [3.8, 4) is 0 Å². The molecule has 2 heterocycles. The van der Waals surface area contributed by atoms with Crippen LogP contribution in [-0.4, -0.2) is 54.8 Å². The summed E-state index contributed by atoms with van der Waals surface area (Å²) in [5, 5.41) is 2.69. The van der Waals surface area contributed by atoms with E-state index in [4.69, 9.17) is 6.57 Å². The second-order valence-electron chi connectivity index (χ2n) is 7.80. The van der Waals surface area contributed by atoms with Gasteiger partial charge < -0.3 is 14.8 Å². The number of hydrogen-bond donors (Lipinski definition) is 1. The maximum Gasteiger partial charge on any atom is 0.261 e. The van der Waals surface area contributed by atoms with Gasteiger partial charge in [0.2, 0.25) is 5.69 Å². The van der Waals surface area contributed by atoms with Gasteiger partial charge in [0.25, 0.3) is 17.4 Å². The largest absolute Gasteiger partial charge is 0.348 e. The first-order valence-electron chi connectivity index (χ1n) is 10.1. The van der Waals surface area contributed by atoms with Crippen LogP contribution in [0.3, 0.4) is 0 Å². The van der Waals surface area contributed by atoms with Crippen LogP contribution in [0.2, 0.25) is 0 Å². The zero-order valence-corrected chi connectivity index (χ0v) is 18.7. The molecule has 1 N–H and O–H groups in total. The number of carbonyl (C=O) groups is 2. The van der Waals surface area contributed by atoms with Gasteiger partial charge in [-0.1, -0.05) is 29.8 Å². The lowest BCUT2D eigenvalue weighted by atomic mass is 10.1. The highest BCUT2D eigenvalue weighted by Crippen LogP contribution is 2.24. The third kappa shape index (κ3) is 5.23. The maximum absolute atomic E-state index is 12.9. The summed E-state index contributed by atoms with van der Waals surface area (Å²) in [7, 11) is -3.15. The molecule has 0 bridgehead atoms. The quantitative estimate of drug-likeness (QED) is 0.636. The van der Waals surface area contributed by atoms with Crippen LogP contribution in [0.15, 0.2) is 35.1 Å². The Morgan fingerprint density at radius 3 is 2.50 bits per heavy atom. The van der Waals surface area contributed by atoms with Crippen molar-refractivity contribution in [1.82, 2.24) is 14.8 Å². The highest BCUT2D eigenvalue weighted by atomic mass is 32.2. The zero-order chi connectivity index (χ0) is 23.5. The van der Waals surface area contributed by atoms with Crippen molar-refractivity contribution in [2.75, 3.05) is 25.1 Å². The molecule has 168 valence electrons. The van der Waals surface area contributed by atoms with Crippen molar-refractivity contribution in [2.24, 2.45) is 0 Å². The van der Waals surface area contributed by atoms with E-state index in [1.165, 1.54) is 9.47 Å². The second kappa shape index (κ2) is 9.36. The SMILES string of the molecule is [C-]#[N+]c1cc(C(=O)NCc2ccc(C)cc2)c(=O)n2c1C(=O)N(CCCS(C)(=O)=O)CC2. The first kappa shape index (κ1) is 23.2. The van der Waals surface area contributed by atoms with E-state index in [-0.39, 0.29) is 55.3 Å². The number of amides is 2. The summed E-state index contributed by atoms with van der Waals surface area (Å²) < 4.78 is 23.8. The summed E-state index contributed by atoms with van der Waals surface area (Å²) in [5.41, 5.74) is 0.994. The van der Waals surface area contributed by atoms with E-state index < -0.39 is 27.2 Å². The van der Waals surface area contributed by atoms with E-state index in [2.05, 4.69) is 10.2 Å². The van der Waals surface area contributed by atoms with Crippen LogP contribution in [0, 0.1) is 13.5 Å². The summed E-state index contributed by atoms with van der Waals surface area (Å²) in [4.78, 5) is 43.3. The molecule has 0 radical (unpaired) electrons. The monoisotopic (exact) mass is 456 g/mol. The normalized spacial score (nSPS) is 13.4. The van der Waals surface area contributed by atoms with Crippen LogP contribution in [0.5, 0.6) is 0 Å². The molecule has 0 unspecified atom stereocenters. The van der Waals surface area contributed by atoms with Gasteiger partial charge in [-0.05, 0) is 25.0 Å². The minimum atomic E-state index is -3.15. The fourth-order valence-electron chi connectivity index (χ4n) is 3.52. The number of pyridine rings is 1. The molecule has 1 aromatic heterocycles. The third-order valence-corrected chi connectivity index (χ3v) is 6.26. The predicted octanol–water partition coefficient (Wildman–Crippen LogP) is 1.53. The minimum Gasteiger partial charge on any atom is -0.348 e. The van der Waals surface area contributed by atoms with E-state index in [1.807, 2.05) is 31.2 Å². The van der Waals surface area contributed by atoms with E-state index in [9.17, 15) is 22.8 Å². The molecule has 0 fully saturated rings. The van der Waals surface area contributed by atoms with Gasteiger partial charge in [0.1, 0.15) is 15.5 Å². The van der Waals surface area contributed by atoms with Crippen LogP contribution in [0.4, 0.5) is 5.69 Å². The number of aromatic nitrogens is 1. The van der Waals surface area contributed by atoms with Crippen LogP contribution < -0.4 is 10.9 Å². The molecule has 1 aromatic carbocycles. The Bertz CT molecular complexity index is 1260. The van der Waals surface area contributed by atoms with Crippen molar-refractivity contribution in [3.05, 3.63) is 74.5 Å². The Morgan fingerprint density at radius 1 is 1.19 bits per heavy atom. The first-order valence-corrected chi connectivity index (χ1v) is 12.1. The highest BCUT2D eigenvalue weighted by Gasteiger charge is 2.30. The molecular weight excluding hydrogens is 432 g/mol. The molecule has 10 heteroatoms. The summed E-state index contributed by atoms with van der Waals surface area (Å²) >= 11 is 0. The van der Waals surface area contributed by atoms with Gasteiger partial charge in [0.05, 0.1) is 17.9 Å². The number of aryl methyl sites for hydroxylation is 1. The van der Waals surface area contributed by atoms with E-state index >= 15 is 0 Å². The van der Waals surface area contributed by atoms with Gasteiger partial charge in [-0.25, -0.2) is 13.3 Å². The van der Waals surface area contributed by atoms with E-state index in [1.54, 1.807) is 0 Å². The number of benzene rings is 1. The molecule has 0 spiro atoms. The number of carbonyl (C=O) groups excluding carboxylic acids is 2. The molecule has 1 aliphatic heterocycles. The highest BCUT2D eigenvalue weighted by molar-refractivity contribution is 7.90. The van der Waals surface area contributed by atoms with Crippen molar-refractivity contribution in [1.29, 1.82) is 0 Å². The lowest BCUT2D eigenvalue weighted by Crippen LogP contribution is -2.46. The summed E-state index contributed by atoms with van der Waals surface area (Å²) in [6, 6.07) is 8.73. The molecule has 0 atom stereocenters.